The number of nitrogens with zero attached hydrogens (tertiary/aromatic N) is 4. The number of rotatable bonds is 3. The zero-order valence-corrected chi connectivity index (χ0v) is 14.2. The van der Waals surface area contributed by atoms with E-state index in [1.807, 2.05) is 15.8 Å². The first-order valence-corrected chi connectivity index (χ1v) is 8.12. The van der Waals surface area contributed by atoms with Gasteiger partial charge in [0.1, 0.15) is 0 Å². The van der Waals surface area contributed by atoms with Gasteiger partial charge in [-0.1, -0.05) is 19.1 Å². The second-order valence-electron chi connectivity index (χ2n) is 6.43. The van der Waals surface area contributed by atoms with Gasteiger partial charge in [-0.05, 0) is 44.7 Å². The Morgan fingerprint density at radius 3 is 2.82 bits per heavy atom. The Balaban J connectivity index is 0.00000176. The lowest BCUT2D eigenvalue weighted by Gasteiger charge is -2.23. The minimum absolute atomic E-state index is 0. The van der Waals surface area contributed by atoms with Crippen molar-refractivity contribution >= 4 is 18.3 Å². The Morgan fingerprint density at radius 1 is 1.41 bits per heavy atom. The highest BCUT2D eigenvalue weighted by Gasteiger charge is 2.33. The number of hydrogen-bond donors (Lipinski definition) is 1. The molecule has 0 spiro atoms. The normalized spacial score (nSPS) is 26.0. The first-order valence-electron chi connectivity index (χ1n) is 8.12. The van der Waals surface area contributed by atoms with Crippen molar-refractivity contribution in [2.75, 3.05) is 19.6 Å². The van der Waals surface area contributed by atoms with Gasteiger partial charge in [0.25, 0.3) is 5.91 Å². The highest BCUT2D eigenvalue weighted by molar-refractivity contribution is 5.92. The maximum absolute atomic E-state index is 12.7. The molecule has 1 amide bonds. The summed E-state index contributed by atoms with van der Waals surface area (Å²) in [4.78, 5) is 14.6. The van der Waals surface area contributed by atoms with E-state index in [1.165, 1.54) is 0 Å². The van der Waals surface area contributed by atoms with Crippen molar-refractivity contribution in [3.8, 4) is 0 Å². The molecule has 1 aromatic heterocycles. The number of amides is 1. The lowest BCUT2D eigenvalue weighted by molar-refractivity contribution is 0.0724. The summed E-state index contributed by atoms with van der Waals surface area (Å²) in [6.45, 7) is 7.22. The molecular formula is C15H26ClN5O. The van der Waals surface area contributed by atoms with Crippen LogP contribution in [0.15, 0.2) is 6.20 Å². The maximum Gasteiger partial charge on any atom is 0.276 e. The summed E-state index contributed by atoms with van der Waals surface area (Å²) in [5.74, 6) is 0.629. The van der Waals surface area contributed by atoms with Crippen LogP contribution in [0.3, 0.4) is 0 Å². The largest absolute Gasteiger partial charge is 0.334 e. The quantitative estimate of drug-likeness (QED) is 0.920. The van der Waals surface area contributed by atoms with Crippen LogP contribution in [0.5, 0.6) is 0 Å². The minimum atomic E-state index is 0. The van der Waals surface area contributed by atoms with E-state index < -0.39 is 0 Å². The third-order valence-electron chi connectivity index (χ3n) is 4.77. The summed E-state index contributed by atoms with van der Waals surface area (Å²) >= 11 is 0. The fourth-order valence-corrected chi connectivity index (χ4v) is 3.56. The highest BCUT2D eigenvalue weighted by atomic mass is 35.5. The molecule has 3 heterocycles. The Bertz CT molecular complexity index is 500. The standard InChI is InChI=1S/C15H25N5O.ClH/c1-3-12-8-11(2)9-19(12)15(21)14-10-20(18-17-14)13-4-6-16-7-5-13;/h10-13,16H,3-9H2,1-2H3;1H. The van der Waals surface area contributed by atoms with Crippen LogP contribution in [0.1, 0.15) is 56.1 Å². The molecule has 0 aromatic carbocycles. The van der Waals surface area contributed by atoms with Crippen molar-refractivity contribution in [3.63, 3.8) is 0 Å². The summed E-state index contributed by atoms with van der Waals surface area (Å²) < 4.78 is 1.88. The predicted octanol–water partition coefficient (Wildman–Crippen LogP) is 1.89. The molecule has 2 aliphatic rings. The molecule has 3 rings (SSSR count). The molecule has 0 aliphatic carbocycles. The van der Waals surface area contributed by atoms with Gasteiger partial charge in [-0.3, -0.25) is 4.79 Å². The Morgan fingerprint density at radius 2 is 2.14 bits per heavy atom. The van der Waals surface area contributed by atoms with Crippen LogP contribution in [-0.2, 0) is 0 Å². The van der Waals surface area contributed by atoms with Gasteiger partial charge in [0.15, 0.2) is 5.69 Å². The Hall–Kier alpha value is -1.14. The second-order valence-corrected chi connectivity index (χ2v) is 6.43. The van der Waals surface area contributed by atoms with Gasteiger partial charge in [-0.15, -0.1) is 17.5 Å². The average Bonchev–Trinajstić information content (AvgIpc) is 3.14. The second kappa shape index (κ2) is 7.42. The van der Waals surface area contributed by atoms with Crippen molar-refractivity contribution in [3.05, 3.63) is 11.9 Å². The van der Waals surface area contributed by atoms with Gasteiger partial charge >= 0.3 is 0 Å². The molecule has 2 fully saturated rings. The van der Waals surface area contributed by atoms with Crippen LogP contribution in [0.25, 0.3) is 0 Å². The monoisotopic (exact) mass is 327 g/mol. The fraction of sp³-hybridized carbons (Fsp3) is 0.800. The summed E-state index contributed by atoms with van der Waals surface area (Å²) in [6.07, 6.45) is 6.06. The molecule has 0 saturated carbocycles. The molecule has 2 aliphatic heterocycles. The SMILES string of the molecule is CCC1CC(C)CN1C(=O)c1cn(C2CCNCC2)nn1.Cl. The molecule has 6 nitrogen and oxygen atoms in total. The van der Waals surface area contributed by atoms with Crippen LogP contribution < -0.4 is 5.32 Å². The van der Waals surface area contributed by atoms with Gasteiger partial charge in [0, 0.05) is 12.6 Å². The van der Waals surface area contributed by atoms with Crippen LogP contribution in [0.2, 0.25) is 0 Å². The van der Waals surface area contributed by atoms with E-state index in [2.05, 4.69) is 29.5 Å². The number of carbonyl (C=O) groups excluding carboxylic acids is 1. The van der Waals surface area contributed by atoms with Crippen LogP contribution in [0, 0.1) is 5.92 Å². The van der Waals surface area contributed by atoms with Gasteiger partial charge in [0.05, 0.1) is 12.2 Å². The van der Waals surface area contributed by atoms with Crippen LogP contribution in [-0.4, -0.2) is 51.5 Å². The zero-order valence-electron chi connectivity index (χ0n) is 13.4. The number of nitrogens with one attached hydrogen (secondary N) is 1. The smallest absolute Gasteiger partial charge is 0.276 e. The van der Waals surface area contributed by atoms with Crippen LogP contribution in [0.4, 0.5) is 0 Å². The van der Waals surface area contributed by atoms with E-state index in [9.17, 15) is 4.79 Å². The lowest BCUT2D eigenvalue weighted by Crippen LogP contribution is -2.35. The minimum Gasteiger partial charge on any atom is -0.334 e. The molecule has 0 bridgehead atoms. The average molecular weight is 328 g/mol. The van der Waals surface area contributed by atoms with E-state index in [0.717, 1.165) is 45.3 Å². The third kappa shape index (κ3) is 3.43. The van der Waals surface area contributed by atoms with E-state index in [1.54, 1.807) is 0 Å². The van der Waals surface area contributed by atoms with Crippen molar-refractivity contribution < 1.29 is 4.79 Å². The molecule has 0 radical (unpaired) electrons. The zero-order chi connectivity index (χ0) is 14.8. The van der Waals surface area contributed by atoms with Crippen molar-refractivity contribution in [2.45, 2.75) is 51.6 Å². The molecule has 2 unspecified atom stereocenters. The molecule has 1 aromatic rings. The number of aromatic nitrogens is 3. The summed E-state index contributed by atoms with van der Waals surface area (Å²) in [5.41, 5.74) is 0.501. The summed E-state index contributed by atoms with van der Waals surface area (Å²) in [6, 6.07) is 0.733. The number of carbonyl (C=O) groups is 1. The summed E-state index contributed by atoms with van der Waals surface area (Å²) in [5, 5.41) is 11.7. The van der Waals surface area contributed by atoms with Gasteiger partial charge in [0.2, 0.25) is 0 Å². The molecular weight excluding hydrogens is 302 g/mol. The van der Waals surface area contributed by atoms with Crippen molar-refractivity contribution in [1.29, 1.82) is 0 Å². The number of piperidine rings is 1. The van der Waals surface area contributed by atoms with Crippen LogP contribution >= 0.6 is 12.4 Å². The number of likely N-dealkylation sites (tertiary alicyclic amines) is 1. The molecule has 124 valence electrons. The first-order chi connectivity index (χ1) is 10.2. The highest BCUT2D eigenvalue weighted by Crippen LogP contribution is 2.26. The molecule has 7 heteroatoms. The number of hydrogen-bond acceptors (Lipinski definition) is 4. The number of halogens is 1. The Labute approximate surface area is 138 Å². The van der Waals surface area contributed by atoms with Crippen molar-refractivity contribution in [2.24, 2.45) is 5.92 Å². The molecule has 2 saturated heterocycles. The van der Waals surface area contributed by atoms with E-state index in [4.69, 9.17) is 0 Å². The predicted molar refractivity (Wildman–Crippen MR) is 87.3 cm³/mol. The molecule has 1 N–H and O–H groups in total. The third-order valence-corrected chi connectivity index (χ3v) is 4.77. The van der Waals surface area contributed by atoms with E-state index in [-0.39, 0.29) is 18.3 Å². The molecule has 2 atom stereocenters. The maximum atomic E-state index is 12.7. The van der Waals surface area contributed by atoms with Gasteiger partial charge < -0.3 is 10.2 Å². The van der Waals surface area contributed by atoms with Crippen molar-refractivity contribution in [1.82, 2.24) is 25.2 Å². The van der Waals surface area contributed by atoms with E-state index in [0.29, 0.717) is 23.7 Å². The lowest BCUT2D eigenvalue weighted by atomic mass is 10.1. The first kappa shape index (κ1) is 17.2. The summed E-state index contributed by atoms with van der Waals surface area (Å²) in [7, 11) is 0. The Kier molecular flexibility index (Phi) is 5.81. The molecule has 22 heavy (non-hydrogen) atoms. The van der Waals surface area contributed by atoms with E-state index >= 15 is 0 Å². The van der Waals surface area contributed by atoms with Gasteiger partial charge in [-0.2, -0.15) is 0 Å². The topological polar surface area (TPSA) is 63.1 Å². The fourth-order valence-electron chi connectivity index (χ4n) is 3.56. The van der Waals surface area contributed by atoms with Gasteiger partial charge in [-0.25, -0.2) is 4.68 Å².